The van der Waals surface area contributed by atoms with Crippen molar-refractivity contribution in [3.05, 3.63) is 0 Å². The molecule has 4 heteroatoms. The maximum atomic E-state index is 5.55. The van der Waals surface area contributed by atoms with Crippen molar-refractivity contribution in [2.24, 2.45) is 0 Å². The van der Waals surface area contributed by atoms with Crippen LogP contribution in [0.15, 0.2) is 0 Å². The van der Waals surface area contributed by atoms with Gasteiger partial charge in [0.05, 0.1) is 19.6 Å². The molecule has 0 atom stereocenters. The van der Waals surface area contributed by atoms with Crippen molar-refractivity contribution in [3.8, 4) is 0 Å². The van der Waals surface area contributed by atoms with Gasteiger partial charge < -0.3 is 13.3 Å². The normalized spacial score (nSPS) is 13.3. The average Bonchev–Trinajstić information content (AvgIpc) is 2.26. The molecule has 0 aromatic carbocycles. The molecule has 0 unspecified atom stereocenters. The lowest BCUT2D eigenvalue weighted by Crippen LogP contribution is -2.59. The topological polar surface area (TPSA) is 18.5 Å². The van der Waals surface area contributed by atoms with Crippen LogP contribution < -0.4 is 0 Å². The molecule has 0 aliphatic carbocycles. The predicted octanol–water partition coefficient (Wildman–Crippen LogP) is 1.77. The highest BCUT2D eigenvalue weighted by Crippen LogP contribution is 2.14. The predicted molar refractivity (Wildman–Crippen MR) is 62.4 cm³/mol. The Hall–Kier alpha value is 0.0969. The van der Waals surface area contributed by atoms with E-state index in [0.717, 1.165) is 30.3 Å². The second-order valence-corrected chi connectivity index (χ2v) is 7.39. The van der Waals surface area contributed by atoms with E-state index in [9.17, 15) is 0 Å². The van der Waals surface area contributed by atoms with Gasteiger partial charge in [0.25, 0.3) is 0 Å². The first-order valence-corrected chi connectivity index (χ1v) is 7.99. The quantitative estimate of drug-likeness (QED) is 0.481. The molecule has 14 heavy (non-hydrogen) atoms. The Labute approximate surface area is 89.8 Å². The molecule has 0 saturated heterocycles. The minimum absolute atomic E-state index is 1.05. The smallest absolute Gasteiger partial charge is 0.392 e. The van der Waals surface area contributed by atoms with Crippen molar-refractivity contribution in [1.29, 1.82) is 0 Å². The van der Waals surface area contributed by atoms with Crippen LogP contribution >= 0.6 is 0 Å². The van der Waals surface area contributed by atoms with E-state index < -0.39 is 8.56 Å². The average molecular weight is 220 g/mol. The standard InChI is InChI=1S/C10H26NO2Si/c1-7-11(8-2,9-3)10-14(6,12-4)13-5/h7-10H2,1-6H3/q+1. The van der Waals surface area contributed by atoms with Gasteiger partial charge in [0, 0.05) is 14.2 Å². The molecule has 3 nitrogen and oxygen atoms in total. The van der Waals surface area contributed by atoms with Crippen LogP contribution in [0.3, 0.4) is 0 Å². The second-order valence-electron chi connectivity index (χ2n) is 3.99. The first-order valence-electron chi connectivity index (χ1n) is 5.46. The van der Waals surface area contributed by atoms with Crippen LogP contribution in [0, 0.1) is 0 Å². The molecule has 0 aromatic heterocycles. The molecule has 0 amide bonds. The van der Waals surface area contributed by atoms with E-state index in [1.807, 2.05) is 0 Å². The summed E-state index contributed by atoms with van der Waals surface area (Å²) in [7, 11) is 1.62. The summed E-state index contributed by atoms with van der Waals surface area (Å²) in [5.74, 6) is 0. The second kappa shape index (κ2) is 5.85. The Kier molecular flexibility index (Phi) is 5.89. The Morgan fingerprint density at radius 2 is 1.29 bits per heavy atom. The van der Waals surface area contributed by atoms with E-state index in [1.165, 1.54) is 0 Å². The number of rotatable bonds is 7. The van der Waals surface area contributed by atoms with Crippen LogP contribution in [-0.4, -0.2) is 53.1 Å². The molecular weight excluding hydrogens is 194 g/mol. The lowest BCUT2D eigenvalue weighted by molar-refractivity contribution is -0.915. The summed E-state index contributed by atoms with van der Waals surface area (Å²) in [4.78, 5) is 0. The van der Waals surface area contributed by atoms with Gasteiger partial charge in [-0.2, -0.15) is 0 Å². The molecule has 0 spiro atoms. The first kappa shape index (κ1) is 14.1. The summed E-state index contributed by atoms with van der Waals surface area (Å²) >= 11 is 0. The SMILES string of the molecule is CC[N+](CC)(CC)C[Si](C)(OC)OC. The van der Waals surface area contributed by atoms with Crippen molar-refractivity contribution in [3.63, 3.8) is 0 Å². The van der Waals surface area contributed by atoms with E-state index in [0.29, 0.717) is 0 Å². The van der Waals surface area contributed by atoms with Crippen LogP contribution in [0.5, 0.6) is 0 Å². The zero-order chi connectivity index (χ0) is 11.2. The van der Waals surface area contributed by atoms with Crippen molar-refractivity contribution >= 4 is 8.56 Å². The molecule has 86 valence electrons. The Bertz CT molecular complexity index is 148. The maximum Gasteiger partial charge on any atom is 0.392 e. The summed E-state index contributed by atoms with van der Waals surface area (Å²) in [5.41, 5.74) is 0. The van der Waals surface area contributed by atoms with Gasteiger partial charge in [-0.25, -0.2) is 0 Å². The zero-order valence-corrected chi connectivity index (χ0v) is 11.6. The lowest BCUT2D eigenvalue weighted by Gasteiger charge is -2.40. The Morgan fingerprint density at radius 3 is 1.50 bits per heavy atom. The molecule has 0 fully saturated rings. The van der Waals surface area contributed by atoms with Gasteiger partial charge in [0.2, 0.25) is 0 Å². The Morgan fingerprint density at radius 1 is 0.929 bits per heavy atom. The summed E-state index contributed by atoms with van der Waals surface area (Å²) in [6.07, 6.45) is 1.05. The van der Waals surface area contributed by atoms with Gasteiger partial charge in [0.15, 0.2) is 0 Å². The van der Waals surface area contributed by atoms with Crippen LogP contribution in [0.25, 0.3) is 0 Å². The van der Waals surface area contributed by atoms with Gasteiger partial charge in [-0.3, -0.25) is 0 Å². The van der Waals surface area contributed by atoms with Gasteiger partial charge in [-0.05, 0) is 27.3 Å². The van der Waals surface area contributed by atoms with Crippen LogP contribution in [0.4, 0.5) is 0 Å². The van der Waals surface area contributed by atoms with E-state index in [-0.39, 0.29) is 0 Å². The third kappa shape index (κ3) is 3.35. The third-order valence-electron chi connectivity index (χ3n) is 3.50. The fourth-order valence-electron chi connectivity index (χ4n) is 1.83. The Balaban J connectivity index is 4.56. The van der Waals surface area contributed by atoms with Crippen LogP contribution in [0.1, 0.15) is 20.8 Å². The van der Waals surface area contributed by atoms with Gasteiger partial charge in [-0.1, -0.05) is 0 Å². The number of quaternary nitrogens is 1. The van der Waals surface area contributed by atoms with E-state index >= 15 is 0 Å². The van der Waals surface area contributed by atoms with Crippen molar-refractivity contribution in [2.75, 3.05) is 40.0 Å². The molecule has 0 heterocycles. The van der Waals surface area contributed by atoms with Crippen molar-refractivity contribution < 1.29 is 13.3 Å². The summed E-state index contributed by atoms with van der Waals surface area (Å²) < 4.78 is 12.2. The molecule has 0 radical (unpaired) electrons. The van der Waals surface area contributed by atoms with Crippen molar-refractivity contribution in [1.82, 2.24) is 0 Å². The van der Waals surface area contributed by atoms with E-state index in [2.05, 4.69) is 27.3 Å². The van der Waals surface area contributed by atoms with Gasteiger partial charge in [0.1, 0.15) is 6.17 Å². The highest BCUT2D eigenvalue weighted by molar-refractivity contribution is 6.65. The van der Waals surface area contributed by atoms with Crippen LogP contribution in [0.2, 0.25) is 6.55 Å². The van der Waals surface area contributed by atoms with Crippen molar-refractivity contribution in [2.45, 2.75) is 27.3 Å². The molecule has 0 bridgehead atoms. The lowest BCUT2D eigenvalue weighted by atomic mass is 10.4. The highest BCUT2D eigenvalue weighted by atomic mass is 28.4. The van der Waals surface area contributed by atoms with Crippen LogP contribution in [-0.2, 0) is 8.85 Å². The van der Waals surface area contributed by atoms with Gasteiger partial charge in [-0.15, -0.1) is 0 Å². The molecule has 0 aliphatic heterocycles. The summed E-state index contributed by atoms with van der Waals surface area (Å²) in [6.45, 7) is 12.3. The first-order chi connectivity index (χ1) is 6.51. The molecular formula is C10H26NO2Si+. The molecule has 0 aliphatic rings. The maximum absolute atomic E-state index is 5.55. The molecule has 0 rings (SSSR count). The minimum Gasteiger partial charge on any atom is -0.394 e. The zero-order valence-electron chi connectivity index (χ0n) is 10.6. The summed E-state index contributed by atoms with van der Waals surface area (Å²) in [5, 5.41) is 0. The monoisotopic (exact) mass is 220 g/mol. The highest BCUT2D eigenvalue weighted by Gasteiger charge is 2.39. The molecule has 0 saturated carbocycles. The minimum atomic E-state index is -1.92. The number of hydrogen-bond acceptors (Lipinski definition) is 2. The summed E-state index contributed by atoms with van der Waals surface area (Å²) in [6, 6.07) is 0. The largest absolute Gasteiger partial charge is 0.394 e. The van der Waals surface area contributed by atoms with E-state index in [1.54, 1.807) is 14.2 Å². The fourth-order valence-corrected chi connectivity index (χ4v) is 4.14. The third-order valence-corrected chi connectivity index (χ3v) is 6.47. The fraction of sp³-hybridized carbons (Fsp3) is 1.00. The molecule has 0 N–H and O–H groups in total. The number of hydrogen-bond donors (Lipinski definition) is 0. The van der Waals surface area contributed by atoms with E-state index in [4.69, 9.17) is 8.85 Å². The van der Waals surface area contributed by atoms with Gasteiger partial charge >= 0.3 is 8.56 Å². The number of nitrogens with zero attached hydrogens (tertiary/aromatic N) is 1. The molecule has 0 aromatic rings.